The predicted molar refractivity (Wildman–Crippen MR) is 70.8 cm³/mol. The molecule has 0 aromatic heterocycles. The summed E-state index contributed by atoms with van der Waals surface area (Å²) in [7, 11) is 0. The van der Waals surface area contributed by atoms with Gasteiger partial charge >= 0.3 is 6.09 Å². The summed E-state index contributed by atoms with van der Waals surface area (Å²) in [5, 5.41) is 5.93. The molecule has 4 nitrogen and oxygen atoms in total. The summed E-state index contributed by atoms with van der Waals surface area (Å²) >= 11 is 0. The van der Waals surface area contributed by atoms with Gasteiger partial charge in [0, 0.05) is 18.8 Å². The second-order valence-corrected chi connectivity index (χ2v) is 5.39. The SMILES string of the molecule is C=C(NCCCNC(=O)OC(C)(C)C)C(C)C. The van der Waals surface area contributed by atoms with Gasteiger partial charge in [0.2, 0.25) is 0 Å². The van der Waals surface area contributed by atoms with Crippen LogP contribution in [0.1, 0.15) is 41.0 Å². The maximum Gasteiger partial charge on any atom is 0.407 e. The number of allylic oxidation sites excluding steroid dienone is 1. The number of nitrogens with one attached hydrogen (secondary N) is 2. The molecule has 0 radical (unpaired) electrons. The largest absolute Gasteiger partial charge is 0.444 e. The Hall–Kier alpha value is -1.19. The lowest BCUT2D eigenvalue weighted by Crippen LogP contribution is -2.34. The van der Waals surface area contributed by atoms with Gasteiger partial charge in [-0.1, -0.05) is 20.4 Å². The van der Waals surface area contributed by atoms with Gasteiger partial charge < -0.3 is 15.4 Å². The van der Waals surface area contributed by atoms with Gasteiger partial charge in [0.25, 0.3) is 0 Å². The van der Waals surface area contributed by atoms with Gasteiger partial charge in [-0.15, -0.1) is 0 Å². The van der Waals surface area contributed by atoms with Crippen molar-refractivity contribution in [3.63, 3.8) is 0 Å². The van der Waals surface area contributed by atoms with E-state index in [1.165, 1.54) is 0 Å². The number of carbonyl (C=O) groups excluding carboxylic acids is 1. The zero-order valence-electron chi connectivity index (χ0n) is 11.7. The van der Waals surface area contributed by atoms with E-state index in [-0.39, 0.29) is 6.09 Å². The van der Waals surface area contributed by atoms with Crippen LogP contribution in [0.4, 0.5) is 4.79 Å². The maximum absolute atomic E-state index is 11.3. The average molecular weight is 242 g/mol. The van der Waals surface area contributed by atoms with Gasteiger partial charge in [-0.05, 0) is 33.1 Å². The molecule has 0 saturated carbocycles. The molecule has 0 bridgehead atoms. The Kier molecular flexibility index (Phi) is 6.69. The van der Waals surface area contributed by atoms with E-state index in [1.807, 2.05) is 20.8 Å². The Labute approximate surface area is 105 Å². The Bertz CT molecular complexity index is 255. The van der Waals surface area contributed by atoms with Crippen LogP contribution in [-0.2, 0) is 4.74 Å². The maximum atomic E-state index is 11.3. The van der Waals surface area contributed by atoms with E-state index < -0.39 is 5.60 Å². The molecule has 0 aliphatic carbocycles. The highest BCUT2D eigenvalue weighted by atomic mass is 16.6. The molecular weight excluding hydrogens is 216 g/mol. The third-order valence-corrected chi connectivity index (χ3v) is 2.07. The summed E-state index contributed by atoms with van der Waals surface area (Å²) in [6.07, 6.45) is 0.491. The van der Waals surface area contributed by atoms with Crippen molar-refractivity contribution < 1.29 is 9.53 Å². The summed E-state index contributed by atoms with van der Waals surface area (Å²) < 4.78 is 5.12. The fourth-order valence-corrected chi connectivity index (χ4v) is 1.05. The highest BCUT2D eigenvalue weighted by molar-refractivity contribution is 5.67. The Morgan fingerprint density at radius 1 is 1.24 bits per heavy atom. The van der Waals surface area contributed by atoms with E-state index in [0.717, 1.165) is 18.7 Å². The van der Waals surface area contributed by atoms with E-state index in [9.17, 15) is 4.79 Å². The molecule has 0 saturated heterocycles. The van der Waals surface area contributed by atoms with Crippen LogP contribution in [0, 0.1) is 5.92 Å². The summed E-state index contributed by atoms with van der Waals surface area (Å²) in [6.45, 7) is 15.1. The molecule has 0 aliphatic heterocycles. The second-order valence-electron chi connectivity index (χ2n) is 5.39. The van der Waals surface area contributed by atoms with Crippen molar-refractivity contribution >= 4 is 6.09 Å². The molecule has 0 fully saturated rings. The number of hydrogen-bond donors (Lipinski definition) is 2. The molecule has 0 aliphatic rings. The van der Waals surface area contributed by atoms with Crippen molar-refractivity contribution in [2.24, 2.45) is 5.92 Å². The summed E-state index contributed by atoms with van der Waals surface area (Å²) in [5.41, 5.74) is 0.594. The van der Waals surface area contributed by atoms with E-state index >= 15 is 0 Å². The molecule has 0 aromatic rings. The molecule has 1 amide bonds. The van der Waals surface area contributed by atoms with Gasteiger partial charge in [0.05, 0.1) is 0 Å². The van der Waals surface area contributed by atoms with E-state index in [0.29, 0.717) is 12.5 Å². The van der Waals surface area contributed by atoms with Gasteiger partial charge in [-0.3, -0.25) is 0 Å². The number of hydrogen-bond acceptors (Lipinski definition) is 3. The van der Waals surface area contributed by atoms with Gasteiger partial charge in [-0.25, -0.2) is 4.79 Å². The Balaban J connectivity index is 3.53. The predicted octanol–water partition coefficient (Wildman–Crippen LogP) is 2.66. The third-order valence-electron chi connectivity index (χ3n) is 2.07. The van der Waals surface area contributed by atoms with Crippen molar-refractivity contribution in [1.29, 1.82) is 0 Å². The standard InChI is InChI=1S/C13H26N2O2/c1-10(2)11(3)14-8-7-9-15-12(16)17-13(4,5)6/h10,14H,3,7-9H2,1-2,4-6H3,(H,15,16). The van der Waals surface area contributed by atoms with Crippen molar-refractivity contribution in [3.8, 4) is 0 Å². The monoisotopic (exact) mass is 242 g/mol. The van der Waals surface area contributed by atoms with Crippen LogP contribution in [0.2, 0.25) is 0 Å². The number of ether oxygens (including phenoxy) is 1. The van der Waals surface area contributed by atoms with Crippen molar-refractivity contribution in [1.82, 2.24) is 10.6 Å². The van der Waals surface area contributed by atoms with E-state index in [2.05, 4.69) is 31.1 Å². The summed E-state index contributed by atoms with van der Waals surface area (Å²) in [4.78, 5) is 11.3. The minimum atomic E-state index is -0.436. The topological polar surface area (TPSA) is 50.4 Å². The van der Waals surface area contributed by atoms with Gasteiger partial charge in [0.15, 0.2) is 0 Å². The molecule has 0 atom stereocenters. The summed E-state index contributed by atoms with van der Waals surface area (Å²) in [6, 6.07) is 0. The van der Waals surface area contributed by atoms with Gasteiger partial charge in [0.1, 0.15) is 5.60 Å². The average Bonchev–Trinajstić information content (AvgIpc) is 2.13. The van der Waals surface area contributed by atoms with E-state index in [4.69, 9.17) is 4.74 Å². The number of carbonyl (C=O) groups is 1. The van der Waals surface area contributed by atoms with Crippen LogP contribution in [0.5, 0.6) is 0 Å². The molecule has 0 rings (SSSR count). The molecule has 0 spiro atoms. The second kappa shape index (κ2) is 7.20. The molecule has 0 unspecified atom stereocenters. The number of amides is 1. The first-order valence-corrected chi connectivity index (χ1v) is 6.12. The molecule has 17 heavy (non-hydrogen) atoms. The van der Waals surface area contributed by atoms with Crippen LogP contribution >= 0.6 is 0 Å². The minimum Gasteiger partial charge on any atom is -0.444 e. The lowest BCUT2D eigenvalue weighted by atomic mass is 10.1. The van der Waals surface area contributed by atoms with Gasteiger partial charge in [-0.2, -0.15) is 0 Å². The summed E-state index contributed by atoms with van der Waals surface area (Å²) in [5.74, 6) is 0.439. The molecule has 4 heteroatoms. The molecule has 0 heterocycles. The van der Waals surface area contributed by atoms with Crippen LogP contribution in [0.3, 0.4) is 0 Å². The first-order chi connectivity index (χ1) is 7.72. The van der Waals surface area contributed by atoms with Crippen LogP contribution in [-0.4, -0.2) is 24.8 Å². The first kappa shape index (κ1) is 15.8. The van der Waals surface area contributed by atoms with E-state index in [1.54, 1.807) is 0 Å². The normalized spacial score (nSPS) is 11.2. The quantitative estimate of drug-likeness (QED) is 0.704. The lowest BCUT2D eigenvalue weighted by Gasteiger charge is -2.19. The zero-order chi connectivity index (χ0) is 13.5. The Morgan fingerprint density at radius 2 is 1.76 bits per heavy atom. The molecule has 0 aromatic carbocycles. The fourth-order valence-electron chi connectivity index (χ4n) is 1.05. The fraction of sp³-hybridized carbons (Fsp3) is 0.769. The molecular formula is C13H26N2O2. The zero-order valence-corrected chi connectivity index (χ0v) is 11.7. The van der Waals surface area contributed by atoms with Crippen LogP contribution < -0.4 is 10.6 Å². The highest BCUT2D eigenvalue weighted by Crippen LogP contribution is 2.06. The van der Waals surface area contributed by atoms with Crippen LogP contribution in [0.25, 0.3) is 0 Å². The lowest BCUT2D eigenvalue weighted by molar-refractivity contribution is 0.0527. The molecule has 100 valence electrons. The smallest absolute Gasteiger partial charge is 0.407 e. The van der Waals surface area contributed by atoms with Crippen molar-refractivity contribution in [2.75, 3.05) is 13.1 Å². The first-order valence-electron chi connectivity index (χ1n) is 6.12. The Morgan fingerprint density at radius 3 is 2.24 bits per heavy atom. The highest BCUT2D eigenvalue weighted by Gasteiger charge is 2.15. The van der Waals surface area contributed by atoms with Crippen LogP contribution in [0.15, 0.2) is 12.3 Å². The minimum absolute atomic E-state index is 0.361. The third kappa shape index (κ3) is 9.72. The number of rotatable bonds is 6. The van der Waals surface area contributed by atoms with Crippen molar-refractivity contribution in [2.45, 2.75) is 46.6 Å². The number of alkyl carbamates (subject to hydrolysis) is 1. The molecule has 2 N–H and O–H groups in total. The van der Waals surface area contributed by atoms with Crippen molar-refractivity contribution in [3.05, 3.63) is 12.3 Å².